The Morgan fingerprint density at radius 2 is 2.19 bits per heavy atom. The molecule has 21 heavy (non-hydrogen) atoms. The SMILES string of the molecule is CCNC(=NCCCOC)NC1CCN(C(=O)CC)C1.I. The van der Waals surface area contributed by atoms with E-state index < -0.39 is 0 Å². The lowest BCUT2D eigenvalue weighted by Gasteiger charge is -2.18. The molecule has 1 rings (SSSR count). The number of likely N-dealkylation sites (tertiary alicyclic amines) is 1. The third-order valence-corrected chi connectivity index (χ3v) is 3.30. The maximum absolute atomic E-state index is 11.7. The molecule has 1 amide bonds. The Bertz CT molecular complexity index is 326. The van der Waals surface area contributed by atoms with Crippen LogP contribution in [0.2, 0.25) is 0 Å². The van der Waals surface area contributed by atoms with Crippen LogP contribution in [0.4, 0.5) is 0 Å². The molecule has 1 aliphatic rings. The number of ether oxygens (including phenoxy) is 1. The van der Waals surface area contributed by atoms with Crippen molar-refractivity contribution in [2.75, 3.05) is 39.9 Å². The second kappa shape index (κ2) is 12.0. The van der Waals surface area contributed by atoms with E-state index in [1.54, 1.807) is 7.11 Å². The molecule has 0 radical (unpaired) electrons. The fraction of sp³-hybridized carbons (Fsp3) is 0.857. The molecular formula is C14H29IN4O2. The van der Waals surface area contributed by atoms with Gasteiger partial charge in [-0.25, -0.2) is 0 Å². The number of halogens is 1. The van der Waals surface area contributed by atoms with Crippen molar-refractivity contribution in [1.82, 2.24) is 15.5 Å². The predicted molar refractivity (Wildman–Crippen MR) is 96.3 cm³/mol. The standard InChI is InChI=1S/C14H28N4O2.HI/c1-4-13(19)18-9-7-12(11-18)17-14(15-5-2)16-8-6-10-20-3;/h12H,4-11H2,1-3H3,(H2,15,16,17);1H. The normalized spacial score (nSPS) is 18.3. The minimum Gasteiger partial charge on any atom is -0.385 e. The van der Waals surface area contributed by atoms with Gasteiger partial charge in [0.2, 0.25) is 5.91 Å². The summed E-state index contributed by atoms with van der Waals surface area (Å²) in [5, 5.41) is 6.65. The second-order valence-corrected chi connectivity index (χ2v) is 4.93. The molecule has 6 nitrogen and oxygen atoms in total. The highest BCUT2D eigenvalue weighted by Gasteiger charge is 2.25. The molecule has 1 saturated heterocycles. The number of hydrogen-bond donors (Lipinski definition) is 2. The average molecular weight is 412 g/mol. The lowest BCUT2D eigenvalue weighted by Crippen LogP contribution is -2.45. The van der Waals surface area contributed by atoms with Crippen molar-refractivity contribution in [3.8, 4) is 0 Å². The van der Waals surface area contributed by atoms with Crippen LogP contribution in [0.25, 0.3) is 0 Å². The molecule has 0 aromatic rings. The van der Waals surface area contributed by atoms with Gasteiger partial charge in [0.1, 0.15) is 0 Å². The minimum atomic E-state index is 0. The Hall–Kier alpha value is -0.570. The first kappa shape index (κ1) is 20.4. The van der Waals surface area contributed by atoms with E-state index in [2.05, 4.69) is 15.6 Å². The lowest BCUT2D eigenvalue weighted by molar-refractivity contribution is -0.129. The molecule has 1 fully saturated rings. The highest BCUT2D eigenvalue weighted by atomic mass is 127. The molecule has 0 bridgehead atoms. The third-order valence-electron chi connectivity index (χ3n) is 3.30. The number of rotatable bonds is 7. The van der Waals surface area contributed by atoms with E-state index in [-0.39, 0.29) is 29.9 Å². The molecule has 0 aromatic heterocycles. The number of carbonyl (C=O) groups excluding carboxylic acids is 1. The quantitative estimate of drug-likeness (QED) is 0.286. The maximum Gasteiger partial charge on any atom is 0.222 e. The van der Waals surface area contributed by atoms with Gasteiger partial charge in [0, 0.05) is 52.4 Å². The molecule has 1 aliphatic heterocycles. The summed E-state index contributed by atoms with van der Waals surface area (Å²) in [7, 11) is 1.70. The summed E-state index contributed by atoms with van der Waals surface area (Å²) in [5.41, 5.74) is 0. The van der Waals surface area contributed by atoms with Gasteiger partial charge >= 0.3 is 0 Å². The van der Waals surface area contributed by atoms with E-state index in [0.29, 0.717) is 12.5 Å². The van der Waals surface area contributed by atoms with Crippen molar-refractivity contribution in [3.05, 3.63) is 0 Å². The second-order valence-electron chi connectivity index (χ2n) is 4.93. The van der Waals surface area contributed by atoms with Gasteiger partial charge in [-0.1, -0.05) is 6.92 Å². The van der Waals surface area contributed by atoms with Crippen molar-refractivity contribution >= 4 is 35.8 Å². The summed E-state index contributed by atoms with van der Waals surface area (Å²) in [6.45, 7) is 7.87. The zero-order valence-electron chi connectivity index (χ0n) is 13.4. The van der Waals surface area contributed by atoms with Gasteiger partial charge in [0.05, 0.1) is 0 Å². The fourth-order valence-corrected chi connectivity index (χ4v) is 2.24. The van der Waals surface area contributed by atoms with Crippen LogP contribution in [0.3, 0.4) is 0 Å². The van der Waals surface area contributed by atoms with Gasteiger partial charge in [-0.3, -0.25) is 9.79 Å². The summed E-state index contributed by atoms with van der Waals surface area (Å²) in [6.07, 6.45) is 2.48. The Morgan fingerprint density at radius 3 is 2.81 bits per heavy atom. The Balaban J connectivity index is 0.00000400. The van der Waals surface area contributed by atoms with Crippen LogP contribution < -0.4 is 10.6 Å². The largest absolute Gasteiger partial charge is 0.385 e. The Kier molecular flexibility index (Phi) is 11.7. The Morgan fingerprint density at radius 1 is 1.43 bits per heavy atom. The predicted octanol–water partition coefficient (Wildman–Crippen LogP) is 1.21. The molecule has 1 heterocycles. The molecule has 1 unspecified atom stereocenters. The molecular weight excluding hydrogens is 383 g/mol. The highest BCUT2D eigenvalue weighted by Crippen LogP contribution is 2.10. The van der Waals surface area contributed by atoms with Crippen LogP contribution in [-0.4, -0.2) is 62.7 Å². The first-order valence-corrected chi connectivity index (χ1v) is 7.52. The summed E-state index contributed by atoms with van der Waals surface area (Å²) >= 11 is 0. The van der Waals surface area contributed by atoms with Crippen LogP contribution in [-0.2, 0) is 9.53 Å². The van der Waals surface area contributed by atoms with Crippen molar-refractivity contribution < 1.29 is 9.53 Å². The van der Waals surface area contributed by atoms with Crippen molar-refractivity contribution in [3.63, 3.8) is 0 Å². The van der Waals surface area contributed by atoms with Crippen LogP contribution in [0.15, 0.2) is 4.99 Å². The van der Waals surface area contributed by atoms with Crippen LogP contribution in [0, 0.1) is 0 Å². The summed E-state index contributed by atoms with van der Waals surface area (Å²) in [4.78, 5) is 18.1. The van der Waals surface area contributed by atoms with Crippen LogP contribution in [0.1, 0.15) is 33.1 Å². The van der Waals surface area contributed by atoms with E-state index in [0.717, 1.165) is 51.6 Å². The number of nitrogens with one attached hydrogen (secondary N) is 2. The molecule has 7 heteroatoms. The lowest BCUT2D eigenvalue weighted by atomic mass is 10.3. The molecule has 124 valence electrons. The average Bonchev–Trinajstić information content (AvgIpc) is 2.91. The number of methoxy groups -OCH3 is 1. The van der Waals surface area contributed by atoms with Gasteiger partial charge in [-0.05, 0) is 19.8 Å². The number of guanidine groups is 1. The van der Waals surface area contributed by atoms with Crippen LogP contribution in [0.5, 0.6) is 0 Å². The summed E-state index contributed by atoms with van der Waals surface area (Å²) < 4.78 is 5.02. The number of aliphatic imine (C=N–C) groups is 1. The Labute approximate surface area is 145 Å². The van der Waals surface area contributed by atoms with Crippen molar-refractivity contribution in [2.24, 2.45) is 4.99 Å². The fourth-order valence-electron chi connectivity index (χ4n) is 2.24. The monoisotopic (exact) mass is 412 g/mol. The van der Waals surface area contributed by atoms with E-state index in [9.17, 15) is 4.79 Å². The van der Waals surface area contributed by atoms with Gasteiger partial charge in [-0.2, -0.15) is 0 Å². The number of carbonyl (C=O) groups is 1. The van der Waals surface area contributed by atoms with Gasteiger partial charge in [0.15, 0.2) is 5.96 Å². The molecule has 0 aliphatic carbocycles. The van der Waals surface area contributed by atoms with Gasteiger partial charge in [-0.15, -0.1) is 24.0 Å². The zero-order valence-corrected chi connectivity index (χ0v) is 15.7. The molecule has 0 aromatic carbocycles. The molecule has 0 spiro atoms. The maximum atomic E-state index is 11.7. The third kappa shape index (κ3) is 7.85. The first-order chi connectivity index (χ1) is 9.71. The van der Waals surface area contributed by atoms with Crippen molar-refractivity contribution in [1.29, 1.82) is 0 Å². The topological polar surface area (TPSA) is 66.0 Å². The highest BCUT2D eigenvalue weighted by molar-refractivity contribution is 14.0. The molecule has 1 atom stereocenters. The van der Waals surface area contributed by atoms with E-state index in [1.807, 2.05) is 18.7 Å². The molecule has 0 saturated carbocycles. The van der Waals surface area contributed by atoms with Crippen molar-refractivity contribution in [2.45, 2.75) is 39.2 Å². The summed E-state index contributed by atoms with van der Waals surface area (Å²) in [6, 6.07) is 0.297. The summed E-state index contributed by atoms with van der Waals surface area (Å²) in [5.74, 6) is 1.07. The van der Waals surface area contributed by atoms with E-state index in [1.165, 1.54) is 0 Å². The van der Waals surface area contributed by atoms with Gasteiger partial charge in [0.25, 0.3) is 0 Å². The van der Waals surface area contributed by atoms with E-state index >= 15 is 0 Å². The molecule has 2 N–H and O–H groups in total. The zero-order chi connectivity index (χ0) is 14.8. The van der Waals surface area contributed by atoms with Crippen LogP contribution >= 0.6 is 24.0 Å². The number of nitrogens with zero attached hydrogens (tertiary/aromatic N) is 2. The van der Waals surface area contributed by atoms with E-state index in [4.69, 9.17) is 4.74 Å². The number of hydrogen-bond acceptors (Lipinski definition) is 3. The van der Waals surface area contributed by atoms with Gasteiger partial charge < -0.3 is 20.3 Å². The minimum absolute atomic E-state index is 0. The smallest absolute Gasteiger partial charge is 0.222 e. The first-order valence-electron chi connectivity index (χ1n) is 7.52. The number of amides is 1.